The van der Waals surface area contributed by atoms with E-state index >= 15 is 0 Å². The number of aliphatic carboxylic acids is 1. The number of anilines is 1. The van der Waals surface area contributed by atoms with Gasteiger partial charge in [-0.3, -0.25) is 9.59 Å². The van der Waals surface area contributed by atoms with E-state index in [-0.39, 0.29) is 28.8 Å². The second kappa shape index (κ2) is 7.70. The van der Waals surface area contributed by atoms with E-state index in [9.17, 15) is 9.59 Å². The zero-order valence-corrected chi connectivity index (χ0v) is 15.6. The number of carboxylic acid groups (broad SMARTS) is 1. The van der Waals surface area contributed by atoms with Crippen LogP contribution >= 0.6 is 0 Å². The lowest BCUT2D eigenvalue weighted by atomic mass is 10.0. The maximum atomic E-state index is 12.1. The topological polar surface area (TPSA) is 138 Å². The number of amides is 1. The summed E-state index contributed by atoms with van der Waals surface area (Å²) < 4.78 is 0. The lowest BCUT2D eigenvalue weighted by Gasteiger charge is -2.26. The van der Waals surface area contributed by atoms with Gasteiger partial charge in [0, 0.05) is 23.8 Å². The molecule has 29 heavy (non-hydrogen) atoms. The Morgan fingerprint density at radius 3 is 2.79 bits per heavy atom. The molecule has 1 aliphatic rings. The minimum Gasteiger partial charge on any atom is -0.481 e. The number of para-hydroxylation sites is 2. The summed E-state index contributed by atoms with van der Waals surface area (Å²) in [5.74, 6) is -0.287. The Balaban J connectivity index is 0.00000171. The molecule has 0 aliphatic carbocycles. The number of hydrogen-bond donors (Lipinski definition) is 3. The highest BCUT2D eigenvalue weighted by Crippen LogP contribution is 2.27. The van der Waals surface area contributed by atoms with E-state index in [1.165, 1.54) is 0 Å². The Morgan fingerprint density at radius 2 is 2.07 bits per heavy atom. The van der Waals surface area contributed by atoms with Gasteiger partial charge < -0.3 is 20.7 Å². The Bertz CT molecular complexity index is 1100. The number of nitrogens with zero attached hydrogens (tertiary/aromatic N) is 4. The second-order valence-corrected chi connectivity index (χ2v) is 6.80. The number of hydrogen-bond acceptors (Lipinski definition) is 6. The number of nitrogens with one attached hydrogen (secondary N) is 1. The van der Waals surface area contributed by atoms with Crippen LogP contribution in [0, 0.1) is 0 Å². The van der Waals surface area contributed by atoms with Crippen LogP contribution in [0.2, 0.25) is 0 Å². The molecule has 0 spiro atoms. The van der Waals surface area contributed by atoms with Crippen molar-refractivity contribution >= 4 is 34.3 Å². The lowest BCUT2D eigenvalue weighted by molar-refractivity contribution is -0.140. The molecule has 0 saturated heterocycles. The summed E-state index contributed by atoms with van der Waals surface area (Å²) in [5, 5.41) is 8.72. The standard InChI is InChI=1S/C20H20N6O3.3H2/c21-19-18(20-24-13-3-1-2-4-14(13)25-20)23-15(11-22-19)12-7-9-26(10-8-12)16(27)5-6-17(28)29;;;/h1-4,7,11H,5-6,8-10H2,(H2,21,22)(H,24,25)(H,28,29);3*1H. The summed E-state index contributed by atoms with van der Waals surface area (Å²) in [6.45, 7) is 0.927. The van der Waals surface area contributed by atoms with Gasteiger partial charge >= 0.3 is 5.97 Å². The number of rotatable bonds is 5. The number of aromatic nitrogens is 4. The van der Waals surface area contributed by atoms with Crippen LogP contribution in [0.4, 0.5) is 5.82 Å². The number of carbonyl (C=O) groups excluding carboxylic acids is 1. The van der Waals surface area contributed by atoms with E-state index in [4.69, 9.17) is 10.8 Å². The highest BCUT2D eigenvalue weighted by Gasteiger charge is 2.20. The largest absolute Gasteiger partial charge is 0.481 e. The first-order chi connectivity index (χ1) is 14.0. The van der Waals surface area contributed by atoms with Crippen LogP contribution in [-0.2, 0) is 9.59 Å². The monoisotopic (exact) mass is 398 g/mol. The molecule has 0 atom stereocenters. The SMILES string of the molecule is Nc1ncc(C2=CCN(C(=O)CCC(=O)O)CC2)nc1-c1nc2ccccc2[nH]1.[HH].[HH].[HH]. The first kappa shape index (κ1) is 18.6. The summed E-state index contributed by atoms with van der Waals surface area (Å²) in [7, 11) is 0. The van der Waals surface area contributed by atoms with E-state index in [2.05, 4.69) is 19.9 Å². The van der Waals surface area contributed by atoms with E-state index in [0.29, 0.717) is 36.7 Å². The summed E-state index contributed by atoms with van der Waals surface area (Å²) >= 11 is 0. The molecule has 9 nitrogen and oxygen atoms in total. The lowest BCUT2D eigenvalue weighted by Crippen LogP contribution is -2.34. The first-order valence-corrected chi connectivity index (χ1v) is 9.28. The van der Waals surface area contributed by atoms with Crippen LogP contribution in [0.1, 0.15) is 29.2 Å². The van der Waals surface area contributed by atoms with Gasteiger partial charge in [-0.25, -0.2) is 15.0 Å². The minimum atomic E-state index is -0.971. The Morgan fingerprint density at radius 1 is 1.24 bits per heavy atom. The second-order valence-electron chi connectivity index (χ2n) is 6.80. The van der Waals surface area contributed by atoms with Crippen molar-refractivity contribution in [1.82, 2.24) is 24.8 Å². The van der Waals surface area contributed by atoms with Gasteiger partial charge in [0.1, 0.15) is 5.69 Å². The third-order valence-electron chi connectivity index (χ3n) is 4.86. The van der Waals surface area contributed by atoms with Crippen LogP contribution in [-0.4, -0.2) is 54.9 Å². The van der Waals surface area contributed by atoms with Crippen molar-refractivity contribution in [3.8, 4) is 11.5 Å². The molecule has 4 rings (SSSR count). The zero-order chi connectivity index (χ0) is 20.4. The smallest absolute Gasteiger partial charge is 0.303 e. The maximum Gasteiger partial charge on any atom is 0.303 e. The molecule has 0 bridgehead atoms. The highest BCUT2D eigenvalue weighted by atomic mass is 16.4. The molecular formula is C20H26N6O3. The molecule has 9 heteroatoms. The molecule has 1 amide bonds. The van der Waals surface area contributed by atoms with Crippen molar-refractivity contribution in [2.45, 2.75) is 19.3 Å². The van der Waals surface area contributed by atoms with Gasteiger partial charge in [0.2, 0.25) is 5.91 Å². The van der Waals surface area contributed by atoms with Crippen molar-refractivity contribution in [3.05, 3.63) is 42.2 Å². The molecule has 0 fully saturated rings. The number of carboxylic acids is 1. The van der Waals surface area contributed by atoms with Crippen LogP contribution in [0.15, 0.2) is 36.5 Å². The summed E-state index contributed by atoms with van der Waals surface area (Å²) in [6, 6.07) is 7.67. The van der Waals surface area contributed by atoms with Crippen LogP contribution in [0.25, 0.3) is 28.1 Å². The third-order valence-corrected chi connectivity index (χ3v) is 4.86. The predicted octanol–water partition coefficient (Wildman–Crippen LogP) is 2.82. The molecule has 4 N–H and O–H groups in total. The Hall–Kier alpha value is -3.75. The summed E-state index contributed by atoms with van der Waals surface area (Å²) in [4.78, 5) is 41.1. The molecular weight excluding hydrogens is 372 g/mol. The molecule has 3 aromatic rings. The zero-order valence-electron chi connectivity index (χ0n) is 15.6. The minimum absolute atomic E-state index is 0. The third kappa shape index (κ3) is 3.93. The van der Waals surface area contributed by atoms with E-state index < -0.39 is 5.97 Å². The van der Waals surface area contributed by atoms with Gasteiger partial charge in [0.15, 0.2) is 11.6 Å². The average molecular weight is 398 g/mol. The van der Waals surface area contributed by atoms with Crippen molar-refractivity contribution in [2.75, 3.05) is 18.8 Å². The molecule has 1 aliphatic heterocycles. The van der Waals surface area contributed by atoms with E-state index in [1.807, 2.05) is 30.3 Å². The van der Waals surface area contributed by atoms with Gasteiger partial charge in [-0.1, -0.05) is 18.2 Å². The fourth-order valence-corrected chi connectivity index (χ4v) is 3.29. The molecule has 2 aromatic heterocycles. The number of carbonyl (C=O) groups is 2. The van der Waals surface area contributed by atoms with Crippen molar-refractivity contribution in [2.24, 2.45) is 0 Å². The number of H-pyrrole nitrogens is 1. The maximum absolute atomic E-state index is 12.1. The fourth-order valence-electron chi connectivity index (χ4n) is 3.29. The van der Waals surface area contributed by atoms with Gasteiger partial charge in [-0.05, 0) is 24.1 Å². The molecule has 1 aromatic carbocycles. The molecule has 154 valence electrons. The van der Waals surface area contributed by atoms with Crippen molar-refractivity contribution in [3.63, 3.8) is 0 Å². The van der Waals surface area contributed by atoms with Crippen LogP contribution < -0.4 is 5.73 Å². The highest BCUT2D eigenvalue weighted by molar-refractivity contribution is 5.82. The number of imidazole rings is 1. The number of nitrogen functional groups attached to an aromatic ring is 1. The molecule has 3 heterocycles. The summed E-state index contributed by atoms with van der Waals surface area (Å²) in [6.07, 6.45) is 4.00. The summed E-state index contributed by atoms with van der Waals surface area (Å²) in [5.41, 5.74) is 9.89. The van der Waals surface area contributed by atoms with E-state index in [1.54, 1.807) is 11.1 Å². The number of benzene rings is 1. The predicted molar refractivity (Wildman–Crippen MR) is 114 cm³/mol. The van der Waals surface area contributed by atoms with Gasteiger partial charge in [0.25, 0.3) is 0 Å². The van der Waals surface area contributed by atoms with Crippen LogP contribution in [0.3, 0.4) is 0 Å². The molecule has 0 saturated carbocycles. The Kier molecular flexibility index (Phi) is 4.94. The van der Waals surface area contributed by atoms with Gasteiger partial charge in [0.05, 0.1) is 29.3 Å². The quantitative estimate of drug-likeness (QED) is 0.600. The molecule has 0 radical (unpaired) electrons. The molecule has 0 unspecified atom stereocenters. The van der Waals surface area contributed by atoms with Gasteiger partial charge in [-0.15, -0.1) is 0 Å². The number of fused-ring (bicyclic) bond motifs is 1. The van der Waals surface area contributed by atoms with Crippen molar-refractivity contribution in [1.29, 1.82) is 0 Å². The first-order valence-electron chi connectivity index (χ1n) is 9.28. The van der Waals surface area contributed by atoms with Gasteiger partial charge in [-0.2, -0.15) is 0 Å². The number of aromatic amines is 1. The fraction of sp³-hybridized carbons (Fsp3) is 0.250. The van der Waals surface area contributed by atoms with Crippen molar-refractivity contribution < 1.29 is 19.0 Å². The average Bonchev–Trinajstić information content (AvgIpc) is 3.16. The van der Waals surface area contributed by atoms with Crippen LogP contribution in [0.5, 0.6) is 0 Å². The normalized spacial score (nSPS) is 14.1. The van der Waals surface area contributed by atoms with E-state index in [0.717, 1.165) is 16.6 Å². The number of nitrogens with two attached hydrogens (primary N) is 1. The Labute approximate surface area is 170 Å².